The molecule has 3 aromatic rings. The predicted octanol–water partition coefficient (Wildman–Crippen LogP) is 5.06. The highest BCUT2D eigenvalue weighted by atomic mass is 32.1. The lowest BCUT2D eigenvalue weighted by molar-refractivity contribution is 0.890. The summed E-state index contributed by atoms with van der Waals surface area (Å²) in [4.78, 5) is 10.2. The normalized spacial score (nSPS) is 12.3. The molecule has 2 heterocycles. The molecule has 0 fully saturated rings. The largest absolute Gasteiger partial charge is 0.378 e. The molecule has 1 N–H and O–H groups in total. The first-order valence-electron chi connectivity index (χ1n) is 6.84. The number of rotatable bonds is 4. The van der Waals surface area contributed by atoms with Crippen LogP contribution in [0.3, 0.4) is 0 Å². The van der Waals surface area contributed by atoms with Gasteiger partial charge in [0.05, 0.1) is 16.7 Å². The van der Waals surface area contributed by atoms with Gasteiger partial charge in [-0.2, -0.15) is 0 Å². The van der Waals surface area contributed by atoms with Crippen LogP contribution >= 0.6 is 22.7 Å². The van der Waals surface area contributed by atoms with Crippen molar-refractivity contribution in [2.75, 3.05) is 5.32 Å². The van der Waals surface area contributed by atoms with Gasteiger partial charge in [-0.15, -0.1) is 22.7 Å². The van der Waals surface area contributed by atoms with Gasteiger partial charge in [0.25, 0.3) is 0 Å². The highest BCUT2D eigenvalue weighted by molar-refractivity contribution is 7.13. The number of anilines is 1. The number of aryl methyl sites for hydroxylation is 2. The number of nitrogens with zero attached hydrogens (tertiary/aromatic N) is 2. The van der Waals surface area contributed by atoms with Gasteiger partial charge in [-0.3, -0.25) is 0 Å². The Morgan fingerprint density at radius 1 is 1.24 bits per heavy atom. The van der Waals surface area contributed by atoms with E-state index in [9.17, 15) is 0 Å². The third kappa shape index (κ3) is 3.14. The van der Waals surface area contributed by atoms with Crippen LogP contribution in [0.5, 0.6) is 0 Å². The second kappa shape index (κ2) is 5.95. The van der Waals surface area contributed by atoms with Crippen LogP contribution in [0, 0.1) is 13.8 Å². The van der Waals surface area contributed by atoms with Crippen molar-refractivity contribution in [1.29, 1.82) is 0 Å². The fraction of sp³-hybridized carbons (Fsp3) is 0.250. The van der Waals surface area contributed by atoms with Gasteiger partial charge in [0, 0.05) is 27.7 Å². The summed E-state index contributed by atoms with van der Waals surface area (Å²) < 4.78 is 0. The number of nitrogens with one attached hydrogen (secondary N) is 1. The molecule has 5 heteroatoms. The topological polar surface area (TPSA) is 37.8 Å². The smallest absolute Gasteiger partial charge is 0.123 e. The summed E-state index contributed by atoms with van der Waals surface area (Å²) in [5.41, 5.74) is 3.38. The van der Waals surface area contributed by atoms with E-state index in [1.807, 2.05) is 11.6 Å². The molecule has 0 saturated heterocycles. The minimum atomic E-state index is 0.253. The number of aromatic nitrogens is 2. The van der Waals surface area contributed by atoms with E-state index < -0.39 is 0 Å². The molecule has 0 aliphatic heterocycles. The number of hydrogen-bond acceptors (Lipinski definition) is 5. The summed E-state index contributed by atoms with van der Waals surface area (Å²) in [7, 11) is 0. The van der Waals surface area contributed by atoms with Crippen LogP contribution in [0.15, 0.2) is 35.8 Å². The lowest BCUT2D eigenvalue weighted by Crippen LogP contribution is -2.06. The predicted molar refractivity (Wildman–Crippen MR) is 91.2 cm³/mol. The molecule has 0 spiro atoms. The van der Waals surface area contributed by atoms with E-state index in [0.717, 1.165) is 27.0 Å². The summed E-state index contributed by atoms with van der Waals surface area (Å²) in [6.45, 7) is 6.30. The van der Waals surface area contributed by atoms with Crippen molar-refractivity contribution in [3.8, 4) is 10.6 Å². The molecular formula is C16H17N3S2. The van der Waals surface area contributed by atoms with Gasteiger partial charge < -0.3 is 5.32 Å². The number of benzene rings is 1. The quantitative estimate of drug-likeness (QED) is 0.731. The van der Waals surface area contributed by atoms with Crippen LogP contribution in [-0.2, 0) is 0 Å². The van der Waals surface area contributed by atoms with Crippen LogP contribution in [0.1, 0.15) is 28.5 Å². The van der Waals surface area contributed by atoms with Crippen LogP contribution in [0.2, 0.25) is 0 Å². The molecule has 0 radical (unpaired) electrons. The van der Waals surface area contributed by atoms with Gasteiger partial charge in [-0.25, -0.2) is 9.97 Å². The maximum atomic E-state index is 4.50. The summed E-state index contributed by atoms with van der Waals surface area (Å²) >= 11 is 3.42. The zero-order valence-electron chi connectivity index (χ0n) is 12.3. The zero-order valence-corrected chi connectivity index (χ0v) is 13.9. The Balaban J connectivity index is 1.82. The molecule has 0 aliphatic carbocycles. The minimum Gasteiger partial charge on any atom is -0.378 e. The molecule has 3 rings (SSSR count). The van der Waals surface area contributed by atoms with Crippen molar-refractivity contribution in [2.45, 2.75) is 26.8 Å². The average molecular weight is 315 g/mol. The second-order valence-corrected chi connectivity index (χ2v) is 7.10. The van der Waals surface area contributed by atoms with Crippen LogP contribution in [0.4, 0.5) is 5.69 Å². The first kappa shape index (κ1) is 14.2. The van der Waals surface area contributed by atoms with Crippen molar-refractivity contribution in [3.63, 3.8) is 0 Å². The fourth-order valence-electron chi connectivity index (χ4n) is 2.37. The molecule has 108 valence electrons. The average Bonchev–Trinajstić information content (AvgIpc) is 3.08. The van der Waals surface area contributed by atoms with Crippen LogP contribution in [0.25, 0.3) is 10.6 Å². The fourth-order valence-corrected chi connectivity index (χ4v) is 3.94. The molecular weight excluding hydrogens is 298 g/mol. The van der Waals surface area contributed by atoms with E-state index in [1.54, 1.807) is 22.7 Å². The zero-order chi connectivity index (χ0) is 14.8. The Bertz CT molecular complexity index is 732. The third-order valence-corrected chi connectivity index (χ3v) is 5.34. The Morgan fingerprint density at radius 2 is 2.10 bits per heavy atom. The van der Waals surface area contributed by atoms with E-state index in [-0.39, 0.29) is 6.04 Å². The highest BCUT2D eigenvalue weighted by Gasteiger charge is 2.13. The minimum absolute atomic E-state index is 0.253. The summed E-state index contributed by atoms with van der Waals surface area (Å²) in [5.74, 6) is 0. The van der Waals surface area contributed by atoms with Crippen molar-refractivity contribution < 1.29 is 0 Å². The van der Waals surface area contributed by atoms with Gasteiger partial charge in [0.2, 0.25) is 0 Å². The van der Waals surface area contributed by atoms with Crippen molar-refractivity contribution in [2.24, 2.45) is 0 Å². The van der Waals surface area contributed by atoms with Gasteiger partial charge in [0.1, 0.15) is 5.01 Å². The second-order valence-electron chi connectivity index (χ2n) is 4.97. The maximum absolute atomic E-state index is 4.50. The first-order chi connectivity index (χ1) is 10.1. The van der Waals surface area contributed by atoms with E-state index >= 15 is 0 Å². The van der Waals surface area contributed by atoms with E-state index in [0.29, 0.717) is 0 Å². The third-order valence-electron chi connectivity index (χ3n) is 3.26. The molecule has 21 heavy (non-hydrogen) atoms. The van der Waals surface area contributed by atoms with Crippen LogP contribution in [-0.4, -0.2) is 9.97 Å². The SMILES string of the molecule is Cc1nc(C)c(C(C)Nc2cccc(-c3nccs3)c2)s1. The van der Waals surface area contributed by atoms with Gasteiger partial charge in [0.15, 0.2) is 0 Å². The van der Waals surface area contributed by atoms with Gasteiger partial charge in [-0.1, -0.05) is 12.1 Å². The Labute approximate surface area is 132 Å². The molecule has 0 saturated carbocycles. The first-order valence-corrected chi connectivity index (χ1v) is 8.53. The Kier molecular flexibility index (Phi) is 4.03. The lowest BCUT2D eigenvalue weighted by Gasteiger charge is -2.15. The van der Waals surface area contributed by atoms with Gasteiger partial charge in [-0.05, 0) is 32.9 Å². The molecule has 1 aromatic carbocycles. The summed E-state index contributed by atoms with van der Waals surface area (Å²) in [6, 6.07) is 8.66. The number of hydrogen-bond donors (Lipinski definition) is 1. The monoisotopic (exact) mass is 315 g/mol. The van der Waals surface area contributed by atoms with E-state index in [4.69, 9.17) is 0 Å². The Morgan fingerprint density at radius 3 is 2.76 bits per heavy atom. The van der Waals surface area contributed by atoms with Crippen molar-refractivity contribution >= 4 is 28.4 Å². The maximum Gasteiger partial charge on any atom is 0.123 e. The van der Waals surface area contributed by atoms with E-state index in [2.05, 4.69) is 60.3 Å². The highest BCUT2D eigenvalue weighted by Crippen LogP contribution is 2.29. The number of thiazole rings is 2. The molecule has 1 atom stereocenters. The van der Waals surface area contributed by atoms with Gasteiger partial charge >= 0.3 is 0 Å². The van der Waals surface area contributed by atoms with E-state index in [1.165, 1.54) is 4.88 Å². The van der Waals surface area contributed by atoms with Crippen molar-refractivity contribution in [1.82, 2.24) is 9.97 Å². The summed E-state index contributed by atoms with van der Waals surface area (Å²) in [6.07, 6.45) is 1.84. The molecule has 0 aliphatic rings. The van der Waals surface area contributed by atoms with Crippen molar-refractivity contribution in [3.05, 3.63) is 51.4 Å². The lowest BCUT2D eigenvalue weighted by atomic mass is 10.2. The van der Waals surface area contributed by atoms with Crippen LogP contribution < -0.4 is 5.32 Å². The molecule has 0 bridgehead atoms. The Hall–Kier alpha value is -1.72. The summed E-state index contributed by atoms with van der Waals surface area (Å²) in [5, 5.41) is 7.73. The standard InChI is InChI=1S/C16H17N3S2/c1-10-15(21-12(3)18-10)11(2)19-14-6-4-5-13(9-14)16-17-7-8-20-16/h4-9,11,19H,1-3H3. The molecule has 2 aromatic heterocycles. The molecule has 1 unspecified atom stereocenters. The molecule has 3 nitrogen and oxygen atoms in total. The molecule has 0 amide bonds.